The molecule has 0 aromatic heterocycles. The molecule has 1 aromatic rings. The first kappa shape index (κ1) is 16.9. The molecule has 7 heteroatoms. The van der Waals surface area contributed by atoms with Gasteiger partial charge < -0.3 is 25.2 Å². The van der Waals surface area contributed by atoms with Crippen molar-refractivity contribution in [3.63, 3.8) is 0 Å². The number of carboxylic acid groups (broad SMARTS) is 1. The minimum atomic E-state index is -1.15. The Labute approximate surface area is 123 Å². The van der Waals surface area contributed by atoms with Crippen molar-refractivity contribution in [2.24, 2.45) is 0 Å². The number of nitrogens with one attached hydrogen (secondary N) is 2. The molecule has 3 N–H and O–H groups in total. The molecule has 1 rings (SSSR count). The number of aliphatic carboxylic acids is 1. The van der Waals surface area contributed by atoms with Crippen molar-refractivity contribution in [3.8, 4) is 0 Å². The smallest absolute Gasteiger partial charge is 0.328 e. The fourth-order valence-electron chi connectivity index (χ4n) is 1.73. The van der Waals surface area contributed by atoms with Crippen LogP contribution in [-0.2, 0) is 20.7 Å². The predicted molar refractivity (Wildman–Crippen MR) is 77.5 cm³/mol. The Balaban J connectivity index is 2.67. The van der Waals surface area contributed by atoms with Gasteiger partial charge in [0.15, 0.2) is 6.04 Å². The third kappa shape index (κ3) is 5.80. The lowest BCUT2D eigenvalue weighted by Crippen LogP contribution is -2.45. The van der Waals surface area contributed by atoms with E-state index < -0.39 is 18.0 Å². The van der Waals surface area contributed by atoms with Crippen molar-refractivity contribution >= 4 is 17.7 Å². The summed E-state index contributed by atoms with van der Waals surface area (Å²) in [5, 5.41) is 13.9. The second kappa shape index (κ2) is 8.93. The molecule has 0 aliphatic carbocycles. The van der Waals surface area contributed by atoms with Gasteiger partial charge in [-0.1, -0.05) is 18.2 Å². The average molecular weight is 296 g/mol. The lowest BCUT2D eigenvalue weighted by molar-refractivity contribution is -0.140. The summed E-state index contributed by atoms with van der Waals surface area (Å²) in [5.41, 5.74) is 1.53. The summed E-state index contributed by atoms with van der Waals surface area (Å²) in [6, 6.07) is 5.58. The first-order chi connectivity index (χ1) is 10.1. The highest BCUT2D eigenvalue weighted by Gasteiger charge is 2.19. The molecule has 0 fully saturated rings. The monoisotopic (exact) mass is 296 g/mol. The van der Waals surface area contributed by atoms with Gasteiger partial charge in [0.2, 0.25) is 0 Å². The van der Waals surface area contributed by atoms with Crippen LogP contribution in [0.2, 0.25) is 0 Å². The predicted octanol–water partition coefficient (Wildman–Crippen LogP) is 1.10. The van der Waals surface area contributed by atoms with E-state index in [9.17, 15) is 9.59 Å². The number of hydrogen-bond donors (Lipinski definition) is 3. The van der Waals surface area contributed by atoms with Gasteiger partial charge in [0.05, 0.1) is 13.2 Å². The van der Waals surface area contributed by atoms with E-state index in [1.54, 1.807) is 19.2 Å². The van der Waals surface area contributed by atoms with Crippen molar-refractivity contribution in [3.05, 3.63) is 29.8 Å². The summed E-state index contributed by atoms with van der Waals surface area (Å²) in [4.78, 5) is 22.8. The number of rotatable bonds is 8. The van der Waals surface area contributed by atoms with E-state index in [0.29, 0.717) is 18.7 Å². The fraction of sp³-hybridized carbons (Fsp3) is 0.429. The highest BCUT2D eigenvalue weighted by molar-refractivity contribution is 5.92. The average Bonchev–Trinajstić information content (AvgIpc) is 2.45. The Morgan fingerprint density at radius 3 is 2.57 bits per heavy atom. The summed E-state index contributed by atoms with van der Waals surface area (Å²) >= 11 is 0. The van der Waals surface area contributed by atoms with E-state index in [4.69, 9.17) is 14.6 Å². The van der Waals surface area contributed by atoms with E-state index in [2.05, 4.69) is 10.6 Å². The molecule has 0 aliphatic rings. The summed E-state index contributed by atoms with van der Waals surface area (Å²) < 4.78 is 9.76. The molecule has 21 heavy (non-hydrogen) atoms. The van der Waals surface area contributed by atoms with Crippen LogP contribution in [0.3, 0.4) is 0 Å². The highest BCUT2D eigenvalue weighted by Crippen LogP contribution is 2.15. The van der Waals surface area contributed by atoms with Crippen LogP contribution in [0.25, 0.3) is 0 Å². The Morgan fingerprint density at radius 2 is 1.95 bits per heavy atom. The van der Waals surface area contributed by atoms with Gasteiger partial charge in [0.1, 0.15) is 0 Å². The molecule has 7 nitrogen and oxygen atoms in total. The first-order valence-corrected chi connectivity index (χ1v) is 6.44. The number of urea groups is 1. The van der Waals surface area contributed by atoms with Gasteiger partial charge in [-0.2, -0.15) is 0 Å². The van der Waals surface area contributed by atoms with Gasteiger partial charge in [0, 0.05) is 19.9 Å². The van der Waals surface area contributed by atoms with Gasteiger partial charge in [-0.15, -0.1) is 0 Å². The third-order valence-electron chi connectivity index (χ3n) is 2.78. The summed E-state index contributed by atoms with van der Waals surface area (Å²) in [6.07, 6.45) is 0.646. The van der Waals surface area contributed by atoms with E-state index in [1.165, 1.54) is 7.11 Å². The van der Waals surface area contributed by atoms with Crippen molar-refractivity contribution in [1.29, 1.82) is 0 Å². The molecule has 0 bridgehead atoms. The number of carbonyl (C=O) groups excluding carboxylic acids is 1. The summed E-state index contributed by atoms with van der Waals surface area (Å²) in [7, 11) is 2.97. The van der Waals surface area contributed by atoms with Gasteiger partial charge >= 0.3 is 12.0 Å². The van der Waals surface area contributed by atoms with E-state index in [-0.39, 0.29) is 6.61 Å². The maximum Gasteiger partial charge on any atom is 0.328 e. The van der Waals surface area contributed by atoms with Crippen LogP contribution in [0.4, 0.5) is 10.5 Å². The SMILES string of the molecule is COCCc1ccccc1NC(=O)NC(COC)C(=O)O. The molecule has 1 aromatic carbocycles. The Kier molecular flexibility index (Phi) is 7.20. The van der Waals surface area contributed by atoms with Crippen molar-refractivity contribution in [2.75, 3.05) is 32.8 Å². The van der Waals surface area contributed by atoms with Crippen LogP contribution in [0.1, 0.15) is 5.56 Å². The topological polar surface area (TPSA) is 96.9 Å². The molecule has 0 radical (unpaired) electrons. The lowest BCUT2D eigenvalue weighted by atomic mass is 10.1. The fourth-order valence-corrected chi connectivity index (χ4v) is 1.73. The quantitative estimate of drug-likeness (QED) is 0.667. The summed E-state index contributed by atoms with van der Waals surface area (Å²) in [5.74, 6) is -1.15. The second-order valence-corrected chi connectivity index (χ2v) is 4.34. The van der Waals surface area contributed by atoms with Gasteiger partial charge in [-0.25, -0.2) is 9.59 Å². The van der Waals surface area contributed by atoms with Gasteiger partial charge in [-0.3, -0.25) is 0 Å². The maximum absolute atomic E-state index is 11.9. The Hall–Kier alpha value is -2.12. The number of para-hydroxylation sites is 1. The number of benzene rings is 1. The van der Waals surface area contributed by atoms with Crippen LogP contribution >= 0.6 is 0 Å². The number of hydrogen-bond acceptors (Lipinski definition) is 4. The highest BCUT2D eigenvalue weighted by atomic mass is 16.5. The molecule has 2 amide bonds. The van der Waals surface area contributed by atoms with E-state index in [1.807, 2.05) is 12.1 Å². The van der Waals surface area contributed by atoms with E-state index in [0.717, 1.165) is 5.56 Å². The second-order valence-electron chi connectivity index (χ2n) is 4.34. The van der Waals surface area contributed by atoms with Crippen molar-refractivity contribution in [2.45, 2.75) is 12.5 Å². The molecule has 0 spiro atoms. The van der Waals surface area contributed by atoms with Gasteiger partial charge in [-0.05, 0) is 18.1 Å². The van der Waals surface area contributed by atoms with Crippen molar-refractivity contribution < 1.29 is 24.2 Å². The largest absolute Gasteiger partial charge is 0.480 e. The molecule has 0 saturated heterocycles. The Bertz CT molecular complexity index is 478. The molecule has 116 valence electrons. The van der Waals surface area contributed by atoms with Crippen LogP contribution in [-0.4, -0.2) is 50.6 Å². The minimum Gasteiger partial charge on any atom is -0.480 e. The molecular formula is C14H20N2O5. The normalized spacial score (nSPS) is 11.7. The number of carboxylic acids is 1. The first-order valence-electron chi connectivity index (χ1n) is 6.44. The molecule has 1 unspecified atom stereocenters. The van der Waals surface area contributed by atoms with Crippen LogP contribution in [0.5, 0.6) is 0 Å². The van der Waals surface area contributed by atoms with Crippen LogP contribution < -0.4 is 10.6 Å². The number of anilines is 1. The van der Waals surface area contributed by atoms with Crippen molar-refractivity contribution in [1.82, 2.24) is 5.32 Å². The van der Waals surface area contributed by atoms with Crippen LogP contribution in [0, 0.1) is 0 Å². The Morgan fingerprint density at radius 1 is 1.24 bits per heavy atom. The molecule has 0 heterocycles. The zero-order chi connectivity index (χ0) is 15.7. The number of ether oxygens (including phenoxy) is 2. The number of carbonyl (C=O) groups is 2. The molecule has 0 saturated carbocycles. The standard InChI is InChI=1S/C14H20N2O5/c1-20-8-7-10-5-3-4-6-11(10)15-14(19)16-12(9-21-2)13(17)18/h3-6,12H,7-9H2,1-2H3,(H,17,18)(H2,15,16,19). The van der Waals surface area contributed by atoms with Gasteiger partial charge in [0.25, 0.3) is 0 Å². The number of amides is 2. The van der Waals surface area contributed by atoms with Crippen LogP contribution in [0.15, 0.2) is 24.3 Å². The number of methoxy groups -OCH3 is 2. The zero-order valence-corrected chi connectivity index (χ0v) is 12.1. The minimum absolute atomic E-state index is 0.103. The lowest BCUT2D eigenvalue weighted by Gasteiger charge is -2.15. The molecule has 0 aliphatic heterocycles. The molecular weight excluding hydrogens is 276 g/mol. The molecule has 1 atom stereocenters. The zero-order valence-electron chi connectivity index (χ0n) is 12.1. The third-order valence-corrected chi connectivity index (χ3v) is 2.78. The van der Waals surface area contributed by atoms with E-state index >= 15 is 0 Å². The summed E-state index contributed by atoms with van der Waals surface area (Å²) in [6.45, 7) is 0.426. The maximum atomic E-state index is 11.9.